The number of hydrogen-bond donors (Lipinski definition) is 3. The van der Waals surface area contributed by atoms with Crippen LogP contribution in [0.3, 0.4) is 0 Å². The van der Waals surface area contributed by atoms with Gasteiger partial charge in [-0.1, -0.05) is 77.4 Å². The summed E-state index contributed by atoms with van der Waals surface area (Å²) in [6.45, 7) is 12.5. The van der Waals surface area contributed by atoms with Crippen LogP contribution in [0.5, 0.6) is 0 Å². The van der Waals surface area contributed by atoms with Crippen molar-refractivity contribution in [1.29, 1.82) is 0 Å². The second-order valence-corrected chi connectivity index (χ2v) is 14.7. The van der Waals surface area contributed by atoms with Crippen LogP contribution in [0.15, 0.2) is 27.4 Å². The Morgan fingerprint density at radius 2 is 1.90 bits per heavy atom. The van der Waals surface area contributed by atoms with Gasteiger partial charge in [0, 0.05) is 12.6 Å². The molecule has 4 aliphatic carbocycles. The number of aromatic nitrogens is 2. The zero-order valence-electron chi connectivity index (χ0n) is 26.3. The van der Waals surface area contributed by atoms with E-state index in [9.17, 15) is 14.4 Å². The van der Waals surface area contributed by atoms with E-state index < -0.39 is 17.3 Å². The van der Waals surface area contributed by atoms with Gasteiger partial charge >= 0.3 is 11.8 Å². The molecule has 0 spiro atoms. The van der Waals surface area contributed by atoms with E-state index in [4.69, 9.17) is 4.74 Å². The molecule has 1 unspecified atom stereocenters. The van der Waals surface area contributed by atoms with Crippen LogP contribution in [-0.2, 0) is 4.74 Å². The van der Waals surface area contributed by atoms with Crippen LogP contribution in [-0.4, -0.2) is 28.7 Å². The molecule has 3 fully saturated rings. The second-order valence-electron chi connectivity index (χ2n) is 14.7. The predicted molar refractivity (Wildman–Crippen MR) is 166 cm³/mol. The van der Waals surface area contributed by atoms with Crippen molar-refractivity contribution in [2.45, 2.75) is 111 Å². The topological polar surface area (TPSA) is 104 Å². The summed E-state index contributed by atoms with van der Waals surface area (Å²) in [4.78, 5) is 39.9. The molecule has 1 aromatic heterocycles. The van der Waals surface area contributed by atoms with Crippen molar-refractivity contribution in [3.63, 3.8) is 0 Å². The first-order valence-electron chi connectivity index (χ1n) is 16.5. The number of nitrogens with one attached hydrogen (secondary N) is 3. The highest BCUT2D eigenvalue weighted by molar-refractivity contribution is 5.67. The molecule has 3 saturated carbocycles. The molecule has 0 radical (unpaired) electrons. The molecule has 42 heavy (non-hydrogen) atoms. The molecule has 230 valence electrons. The number of carbonyl (C=O) groups excluding carboxylic acids is 1. The van der Waals surface area contributed by atoms with Crippen molar-refractivity contribution in [3.8, 4) is 11.8 Å². The number of amides is 1. The van der Waals surface area contributed by atoms with Crippen molar-refractivity contribution in [3.05, 3.63) is 44.2 Å². The smallest absolute Gasteiger partial charge is 0.408 e. The molecular weight excluding hydrogens is 526 g/mol. The van der Waals surface area contributed by atoms with Crippen LogP contribution >= 0.6 is 0 Å². The minimum absolute atomic E-state index is 0.0613. The number of allylic oxidation sites excluding steroid dienone is 1. The average molecular weight is 578 g/mol. The van der Waals surface area contributed by atoms with E-state index in [0.29, 0.717) is 5.41 Å². The van der Waals surface area contributed by atoms with Crippen molar-refractivity contribution in [2.75, 3.05) is 6.54 Å². The SMILES string of the molecule is CC(C)CCCC(C)[C@H]1CC[C@H]2[C@@H]3CC=C4C[C@@H](OC(=O)NCC#Cc5c[nH]c(=O)[nH]c5=O)CC[C@]4(C)[C@H]3CC[C@]12C. The third kappa shape index (κ3) is 6.15. The van der Waals surface area contributed by atoms with E-state index in [1.54, 1.807) is 0 Å². The maximum absolute atomic E-state index is 12.5. The van der Waals surface area contributed by atoms with E-state index in [1.807, 2.05) is 0 Å². The van der Waals surface area contributed by atoms with Gasteiger partial charge in [-0.25, -0.2) is 9.59 Å². The van der Waals surface area contributed by atoms with Gasteiger partial charge < -0.3 is 15.0 Å². The molecule has 0 aliphatic heterocycles. The predicted octanol–water partition coefficient (Wildman–Crippen LogP) is 6.55. The van der Waals surface area contributed by atoms with E-state index >= 15 is 0 Å². The van der Waals surface area contributed by atoms with Crippen LogP contribution < -0.4 is 16.6 Å². The van der Waals surface area contributed by atoms with Gasteiger partial charge in [0.25, 0.3) is 5.56 Å². The van der Waals surface area contributed by atoms with Crippen molar-refractivity contribution >= 4 is 6.09 Å². The molecule has 1 amide bonds. The number of aromatic amines is 2. The molecule has 4 aliphatic rings. The second kappa shape index (κ2) is 12.5. The fourth-order valence-electron chi connectivity index (χ4n) is 9.70. The Bertz CT molecular complexity index is 1350. The molecule has 0 bridgehead atoms. The Morgan fingerprint density at radius 1 is 1.10 bits per heavy atom. The van der Waals surface area contributed by atoms with E-state index in [2.05, 4.69) is 67.8 Å². The number of carbonyl (C=O) groups is 1. The van der Waals surface area contributed by atoms with Crippen LogP contribution in [0.1, 0.15) is 111 Å². The molecule has 8 atom stereocenters. The molecule has 1 heterocycles. The molecule has 7 nitrogen and oxygen atoms in total. The van der Waals surface area contributed by atoms with Gasteiger partial charge in [0.05, 0.1) is 6.54 Å². The largest absolute Gasteiger partial charge is 0.446 e. The number of alkyl carbamates (subject to hydrolysis) is 1. The first-order chi connectivity index (χ1) is 20.0. The Morgan fingerprint density at radius 3 is 2.67 bits per heavy atom. The fourth-order valence-corrected chi connectivity index (χ4v) is 9.70. The lowest BCUT2D eigenvalue weighted by atomic mass is 9.47. The summed E-state index contributed by atoms with van der Waals surface area (Å²) >= 11 is 0. The minimum Gasteiger partial charge on any atom is -0.446 e. The first-order valence-corrected chi connectivity index (χ1v) is 16.5. The fraction of sp³-hybridized carbons (Fsp3) is 0.743. The lowest BCUT2D eigenvalue weighted by Crippen LogP contribution is -2.51. The highest BCUT2D eigenvalue weighted by Gasteiger charge is 2.59. The van der Waals surface area contributed by atoms with Crippen LogP contribution in [0.25, 0.3) is 0 Å². The quantitative estimate of drug-likeness (QED) is 0.252. The molecule has 1 aromatic rings. The number of hydrogen-bond acceptors (Lipinski definition) is 4. The number of H-pyrrole nitrogens is 2. The van der Waals surface area contributed by atoms with Crippen molar-refractivity contribution in [1.82, 2.24) is 15.3 Å². The van der Waals surface area contributed by atoms with Crippen LogP contribution in [0, 0.1) is 58.2 Å². The van der Waals surface area contributed by atoms with Gasteiger partial charge in [0.2, 0.25) is 0 Å². The zero-order chi connectivity index (χ0) is 30.1. The molecule has 7 heteroatoms. The molecular formula is C35H51N3O4. The summed E-state index contributed by atoms with van der Waals surface area (Å²) in [6, 6.07) is 0. The summed E-state index contributed by atoms with van der Waals surface area (Å²) < 4.78 is 5.81. The standard InChI is InChI=1S/C35H51N3O4/c1-22(2)8-6-9-23(3)28-13-14-29-27-12-11-25-20-26(15-17-34(25,4)30(27)16-18-35(28,29)5)42-33(41)36-19-7-10-24-21-37-32(40)38-31(24)39/h11,21-23,26-30H,6,8-9,12-20H2,1-5H3,(H,36,41)(H2,37,38,39,40)/t23?,26-,27-,28+,29-,30-,34-,35+/m0/s1. The monoisotopic (exact) mass is 577 g/mol. The van der Waals surface area contributed by atoms with Crippen LogP contribution in [0.4, 0.5) is 4.79 Å². The van der Waals surface area contributed by atoms with Crippen molar-refractivity contribution < 1.29 is 9.53 Å². The Balaban J connectivity index is 1.16. The summed E-state index contributed by atoms with van der Waals surface area (Å²) in [5, 5.41) is 2.68. The van der Waals surface area contributed by atoms with Gasteiger partial charge in [0.15, 0.2) is 0 Å². The summed E-state index contributed by atoms with van der Waals surface area (Å²) in [7, 11) is 0. The zero-order valence-corrected chi connectivity index (χ0v) is 26.3. The number of rotatable bonds is 7. The number of fused-ring (bicyclic) bond motifs is 5. The van der Waals surface area contributed by atoms with Gasteiger partial charge in [-0.05, 0) is 91.3 Å². The van der Waals surface area contributed by atoms with E-state index in [0.717, 1.165) is 54.8 Å². The molecule has 3 N–H and O–H groups in total. The lowest BCUT2D eigenvalue weighted by Gasteiger charge is -2.58. The summed E-state index contributed by atoms with van der Waals surface area (Å²) in [5.74, 6) is 10.3. The van der Waals surface area contributed by atoms with Crippen LogP contribution in [0.2, 0.25) is 0 Å². The lowest BCUT2D eigenvalue weighted by molar-refractivity contribution is -0.0581. The Kier molecular flexibility index (Phi) is 9.11. The van der Waals surface area contributed by atoms with Gasteiger partial charge in [-0.15, -0.1) is 0 Å². The maximum atomic E-state index is 12.5. The van der Waals surface area contributed by atoms with E-state index in [-0.39, 0.29) is 23.6 Å². The first kappa shape index (κ1) is 30.7. The van der Waals surface area contributed by atoms with Gasteiger partial charge in [0.1, 0.15) is 11.7 Å². The highest BCUT2D eigenvalue weighted by atomic mass is 16.6. The van der Waals surface area contributed by atoms with Gasteiger partial charge in [-0.3, -0.25) is 9.78 Å². The molecule has 0 aromatic carbocycles. The Labute approximate surface area is 251 Å². The van der Waals surface area contributed by atoms with Crippen molar-refractivity contribution in [2.24, 2.45) is 46.3 Å². The summed E-state index contributed by atoms with van der Waals surface area (Å²) in [5.41, 5.74) is 1.23. The summed E-state index contributed by atoms with van der Waals surface area (Å²) in [6.07, 6.45) is 16.8. The normalized spacial score (nSPS) is 34.2. The average Bonchev–Trinajstić information content (AvgIpc) is 3.29. The third-order valence-electron chi connectivity index (χ3n) is 11.9. The highest BCUT2D eigenvalue weighted by Crippen LogP contribution is 2.67. The Hall–Kier alpha value is -2.75. The molecule has 5 rings (SSSR count). The third-order valence-corrected chi connectivity index (χ3v) is 11.9. The maximum Gasteiger partial charge on any atom is 0.408 e. The minimum atomic E-state index is -0.578. The van der Waals surface area contributed by atoms with E-state index in [1.165, 1.54) is 63.1 Å². The van der Waals surface area contributed by atoms with Gasteiger partial charge in [-0.2, -0.15) is 0 Å². The number of ether oxygens (including phenoxy) is 1. The molecule has 0 saturated heterocycles.